The summed E-state index contributed by atoms with van der Waals surface area (Å²) in [5, 5.41) is 4.20. The van der Waals surface area contributed by atoms with Gasteiger partial charge in [-0.1, -0.05) is 25.4 Å². The number of piperidine rings is 1. The Balaban J connectivity index is 1.91. The first-order valence-electron chi connectivity index (χ1n) is 7.83. The van der Waals surface area contributed by atoms with Gasteiger partial charge in [0.25, 0.3) is 0 Å². The van der Waals surface area contributed by atoms with Gasteiger partial charge in [-0.3, -0.25) is 0 Å². The largest absolute Gasteiger partial charge is 0.493 e. The first kappa shape index (κ1) is 15.7. The molecule has 2 nitrogen and oxygen atoms in total. The number of halogens is 1. The quantitative estimate of drug-likeness (QED) is 0.826. The Kier molecular flexibility index (Phi) is 6.18. The van der Waals surface area contributed by atoms with E-state index in [9.17, 15) is 0 Å². The van der Waals surface area contributed by atoms with Crippen molar-refractivity contribution < 1.29 is 4.74 Å². The van der Waals surface area contributed by atoms with Crippen LogP contribution in [0.4, 0.5) is 0 Å². The Morgan fingerprint density at radius 2 is 2.10 bits per heavy atom. The predicted molar refractivity (Wildman–Crippen MR) is 85.9 cm³/mol. The topological polar surface area (TPSA) is 21.3 Å². The maximum Gasteiger partial charge on any atom is 0.122 e. The highest BCUT2D eigenvalue weighted by atomic mass is 35.5. The van der Waals surface area contributed by atoms with Crippen molar-refractivity contribution in [3.05, 3.63) is 28.8 Å². The van der Waals surface area contributed by atoms with Gasteiger partial charge in [0.2, 0.25) is 0 Å². The third-order valence-corrected chi connectivity index (χ3v) is 4.59. The van der Waals surface area contributed by atoms with Crippen LogP contribution in [0.1, 0.15) is 51.0 Å². The molecule has 0 amide bonds. The molecule has 0 aromatic heterocycles. The van der Waals surface area contributed by atoms with E-state index in [0.717, 1.165) is 49.2 Å². The number of ether oxygens (including phenoxy) is 1. The lowest BCUT2D eigenvalue weighted by atomic mass is 9.95. The number of rotatable bonds is 6. The van der Waals surface area contributed by atoms with Crippen LogP contribution in [0, 0.1) is 5.92 Å². The average molecular weight is 296 g/mol. The van der Waals surface area contributed by atoms with Gasteiger partial charge in [0.15, 0.2) is 0 Å². The first-order valence-corrected chi connectivity index (χ1v) is 8.21. The van der Waals surface area contributed by atoms with E-state index in [0.29, 0.717) is 5.92 Å². The van der Waals surface area contributed by atoms with Crippen LogP contribution < -0.4 is 10.1 Å². The van der Waals surface area contributed by atoms with Crippen LogP contribution in [0.25, 0.3) is 0 Å². The van der Waals surface area contributed by atoms with Gasteiger partial charge in [-0.05, 0) is 74.4 Å². The fourth-order valence-electron chi connectivity index (χ4n) is 2.76. The van der Waals surface area contributed by atoms with Gasteiger partial charge in [-0.2, -0.15) is 0 Å². The molecule has 1 N–H and O–H groups in total. The van der Waals surface area contributed by atoms with E-state index in [1.165, 1.54) is 18.4 Å². The summed E-state index contributed by atoms with van der Waals surface area (Å²) in [7, 11) is 0. The summed E-state index contributed by atoms with van der Waals surface area (Å²) >= 11 is 6.11. The van der Waals surface area contributed by atoms with Gasteiger partial charge >= 0.3 is 0 Å². The van der Waals surface area contributed by atoms with Crippen LogP contribution in [0.3, 0.4) is 0 Å². The molecule has 20 heavy (non-hydrogen) atoms. The summed E-state index contributed by atoms with van der Waals surface area (Å²) in [6.07, 6.45) is 4.82. The Hall–Kier alpha value is -0.730. The zero-order valence-electron chi connectivity index (χ0n) is 12.6. The van der Waals surface area contributed by atoms with Crippen LogP contribution in [0.15, 0.2) is 18.2 Å². The molecule has 3 heteroatoms. The van der Waals surface area contributed by atoms with Crippen LogP contribution in [-0.4, -0.2) is 19.7 Å². The number of hydrogen-bond acceptors (Lipinski definition) is 2. The molecule has 0 saturated carbocycles. The van der Waals surface area contributed by atoms with Crippen molar-refractivity contribution in [1.82, 2.24) is 5.32 Å². The molecule has 1 aromatic carbocycles. The molecule has 1 saturated heterocycles. The average Bonchev–Trinajstić information content (AvgIpc) is 2.49. The smallest absolute Gasteiger partial charge is 0.122 e. The van der Waals surface area contributed by atoms with E-state index in [-0.39, 0.29) is 0 Å². The van der Waals surface area contributed by atoms with E-state index in [1.54, 1.807) is 0 Å². The van der Waals surface area contributed by atoms with E-state index in [1.807, 2.05) is 12.1 Å². The van der Waals surface area contributed by atoms with Gasteiger partial charge in [-0.25, -0.2) is 0 Å². The minimum Gasteiger partial charge on any atom is -0.493 e. The molecule has 1 atom stereocenters. The molecule has 1 fully saturated rings. The molecule has 2 rings (SSSR count). The lowest BCUT2D eigenvalue weighted by Crippen LogP contribution is -2.28. The maximum absolute atomic E-state index is 6.11. The fraction of sp³-hybridized carbons (Fsp3) is 0.647. The molecule has 0 aliphatic carbocycles. The van der Waals surface area contributed by atoms with Crippen molar-refractivity contribution in [3.63, 3.8) is 0 Å². The van der Waals surface area contributed by atoms with Gasteiger partial charge in [0.05, 0.1) is 6.61 Å². The Morgan fingerprint density at radius 3 is 2.80 bits per heavy atom. The van der Waals surface area contributed by atoms with E-state index in [2.05, 4.69) is 25.2 Å². The summed E-state index contributed by atoms with van der Waals surface area (Å²) in [4.78, 5) is 0. The van der Waals surface area contributed by atoms with Gasteiger partial charge in [-0.15, -0.1) is 0 Å². The van der Waals surface area contributed by atoms with Gasteiger partial charge in [0, 0.05) is 5.02 Å². The van der Waals surface area contributed by atoms with Gasteiger partial charge < -0.3 is 10.1 Å². The number of nitrogens with one attached hydrogen (secondary N) is 1. The lowest BCUT2D eigenvalue weighted by molar-refractivity contribution is 0.249. The highest BCUT2D eigenvalue weighted by Gasteiger charge is 2.14. The SMILES string of the molecule is CC[C@@H](C)c1cc(Cl)ccc1OCCC1CCNCC1. The fourth-order valence-corrected chi connectivity index (χ4v) is 2.94. The molecule has 112 valence electrons. The van der Waals surface area contributed by atoms with Crippen LogP contribution in [0.5, 0.6) is 5.75 Å². The van der Waals surface area contributed by atoms with Crippen molar-refractivity contribution in [2.45, 2.75) is 45.4 Å². The molecule has 1 aliphatic heterocycles. The summed E-state index contributed by atoms with van der Waals surface area (Å²) in [5.74, 6) is 2.32. The third kappa shape index (κ3) is 4.39. The van der Waals surface area contributed by atoms with Gasteiger partial charge in [0.1, 0.15) is 5.75 Å². The normalized spacial score (nSPS) is 17.9. The molecule has 0 unspecified atom stereocenters. The molecular formula is C17H26ClNO. The molecular weight excluding hydrogens is 270 g/mol. The highest BCUT2D eigenvalue weighted by Crippen LogP contribution is 2.31. The van der Waals surface area contributed by atoms with Crippen molar-refractivity contribution in [1.29, 1.82) is 0 Å². The first-order chi connectivity index (χ1) is 9.70. The second-order valence-electron chi connectivity index (χ2n) is 5.82. The molecule has 0 radical (unpaired) electrons. The standard InChI is InChI=1S/C17H26ClNO/c1-3-13(2)16-12-15(18)4-5-17(16)20-11-8-14-6-9-19-10-7-14/h4-5,12-14,19H,3,6-11H2,1-2H3/t13-/m1/s1. The molecule has 0 bridgehead atoms. The van der Waals surface area contributed by atoms with E-state index in [4.69, 9.17) is 16.3 Å². The Morgan fingerprint density at radius 1 is 1.35 bits per heavy atom. The molecule has 1 aromatic rings. The number of benzene rings is 1. The molecule has 0 spiro atoms. The zero-order chi connectivity index (χ0) is 14.4. The van der Waals surface area contributed by atoms with E-state index < -0.39 is 0 Å². The van der Waals surface area contributed by atoms with Crippen molar-refractivity contribution in [2.75, 3.05) is 19.7 Å². The van der Waals surface area contributed by atoms with Crippen molar-refractivity contribution in [2.24, 2.45) is 5.92 Å². The summed E-state index contributed by atoms with van der Waals surface area (Å²) in [6.45, 7) is 7.55. The van der Waals surface area contributed by atoms with Crippen molar-refractivity contribution in [3.8, 4) is 5.75 Å². The highest BCUT2D eigenvalue weighted by molar-refractivity contribution is 6.30. The monoisotopic (exact) mass is 295 g/mol. The Labute approximate surface area is 127 Å². The van der Waals surface area contributed by atoms with Crippen LogP contribution in [0.2, 0.25) is 5.02 Å². The zero-order valence-corrected chi connectivity index (χ0v) is 13.4. The number of hydrogen-bond donors (Lipinski definition) is 1. The van der Waals surface area contributed by atoms with Crippen molar-refractivity contribution >= 4 is 11.6 Å². The minimum atomic E-state index is 0.489. The predicted octanol–water partition coefficient (Wildman–Crippen LogP) is 4.62. The second-order valence-corrected chi connectivity index (χ2v) is 6.26. The maximum atomic E-state index is 6.11. The summed E-state index contributed by atoms with van der Waals surface area (Å²) in [5.41, 5.74) is 1.24. The van der Waals surface area contributed by atoms with E-state index >= 15 is 0 Å². The van der Waals surface area contributed by atoms with Crippen LogP contribution >= 0.6 is 11.6 Å². The lowest BCUT2D eigenvalue weighted by Gasteiger charge is -2.23. The Bertz CT molecular complexity index is 415. The summed E-state index contributed by atoms with van der Waals surface area (Å²) in [6, 6.07) is 6.00. The molecule has 1 aliphatic rings. The molecule has 1 heterocycles. The second kappa shape index (κ2) is 7.90. The minimum absolute atomic E-state index is 0.489. The summed E-state index contributed by atoms with van der Waals surface area (Å²) < 4.78 is 6.04. The van der Waals surface area contributed by atoms with Crippen LogP contribution in [-0.2, 0) is 0 Å². The third-order valence-electron chi connectivity index (χ3n) is 4.36.